The van der Waals surface area contributed by atoms with Crippen molar-refractivity contribution < 1.29 is 24.3 Å². The Morgan fingerprint density at radius 3 is 2.22 bits per heavy atom. The highest BCUT2D eigenvalue weighted by atomic mass is 79.9. The van der Waals surface area contributed by atoms with Crippen LogP contribution < -0.4 is 0 Å². The minimum Gasteiger partial charge on any atom is -0.481 e. The molecule has 0 bridgehead atoms. The van der Waals surface area contributed by atoms with Crippen molar-refractivity contribution in [3.05, 3.63) is 64.1 Å². The number of aliphatic carboxylic acids is 1. The number of carbonyl (C=O) groups excluding carboxylic acids is 2. The fourth-order valence-electron chi connectivity index (χ4n) is 2.58. The number of carboxylic acid groups (broad SMARTS) is 1. The van der Waals surface area contributed by atoms with Crippen molar-refractivity contribution in [3.63, 3.8) is 0 Å². The van der Waals surface area contributed by atoms with Crippen molar-refractivity contribution in [2.45, 2.75) is 11.3 Å². The normalized spacial score (nSPS) is 14.3. The van der Waals surface area contributed by atoms with Crippen molar-refractivity contribution in [1.29, 1.82) is 0 Å². The molecular weight excluding hydrogens is 434 g/mol. The Labute approximate surface area is 168 Å². The van der Waals surface area contributed by atoms with Crippen molar-refractivity contribution in [2.75, 3.05) is 12.4 Å². The molecule has 1 heterocycles. The maximum atomic E-state index is 12.2. The third kappa shape index (κ3) is 4.58. The predicted molar refractivity (Wildman–Crippen MR) is 104 cm³/mol. The molecule has 3 rings (SSSR count). The second kappa shape index (κ2) is 8.69. The number of thioether (sulfide) groups is 1. The number of halogens is 1. The molecule has 27 heavy (non-hydrogen) atoms. The summed E-state index contributed by atoms with van der Waals surface area (Å²) in [4.78, 5) is 42.2. The molecule has 1 N–H and O–H groups in total. The van der Waals surface area contributed by atoms with Gasteiger partial charge in [-0.15, -0.1) is 16.8 Å². The highest BCUT2D eigenvalue weighted by molar-refractivity contribution is 9.10. The molecular formula is C19H16BrNO5S. The molecule has 2 aromatic rings. The summed E-state index contributed by atoms with van der Waals surface area (Å²) in [6.45, 7) is -0.0384. The van der Waals surface area contributed by atoms with Crippen LogP contribution in [0, 0.1) is 5.92 Å². The summed E-state index contributed by atoms with van der Waals surface area (Å²) in [6, 6.07) is 14.1. The smallest absolute Gasteiger partial charge is 0.307 e. The molecule has 1 atom stereocenters. The molecule has 6 nitrogen and oxygen atoms in total. The minimum atomic E-state index is -0.939. The van der Waals surface area contributed by atoms with Crippen LogP contribution in [0.2, 0.25) is 0 Å². The van der Waals surface area contributed by atoms with E-state index in [1.807, 2.05) is 24.3 Å². The highest BCUT2D eigenvalue weighted by Gasteiger charge is 2.36. The largest absolute Gasteiger partial charge is 0.481 e. The first-order chi connectivity index (χ1) is 13.0. The molecule has 0 saturated heterocycles. The number of amides is 2. The van der Waals surface area contributed by atoms with Gasteiger partial charge in [0.2, 0.25) is 0 Å². The average molecular weight is 450 g/mol. The maximum absolute atomic E-state index is 12.2. The number of nitrogens with zero attached hydrogens (tertiary/aromatic N) is 1. The Kier molecular flexibility index (Phi) is 6.30. The SMILES string of the molecule is O=C(O)C(CCON1C(=O)c2ccccc2C1=O)CSc1ccc(Br)cc1. The number of carboxylic acids is 1. The number of hydroxylamine groups is 2. The zero-order valence-corrected chi connectivity index (χ0v) is 16.5. The molecule has 0 radical (unpaired) electrons. The lowest BCUT2D eigenvalue weighted by Crippen LogP contribution is -2.31. The lowest BCUT2D eigenvalue weighted by molar-refractivity contribution is -0.143. The van der Waals surface area contributed by atoms with Crippen molar-refractivity contribution >= 4 is 45.5 Å². The monoisotopic (exact) mass is 449 g/mol. The minimum absolute atomic E-state index is 0.0384. The average Bonchev–Trinajstić information content (AvgIpc) is 2.90. The summed E-state index contributed by atoms with van der Waals surface area (Å²) in [5.41, 5.74) is 0.589. The number of benzene rings is 2. The van der Waals surface area contributed by atoms with Gasteiger partial charge in [0.1, 0.15) is 0 Å². The van der Waals surface area contributed by atoms with Gasteiger partial charge < -0.3 is 5.11 Å². The molecule has 2 amide bonds. The Morgan fingerprint density at radius 1 is 1.07 bits per heavy atom. The number of rotatable bonds is 8. The van der Waals surface area contributed by atoms with E-state index in [2.05, 4.69) is 15.9 Å². The molecule has 1 aliphatic rings. The number of hydrogen-bond acceptors (Lipinski definition) is 5. The van der Waals surface area contributed by atoms with Crippen molar-refractivity contribution in [3.8, 4) is 0 Å². The topological polar surface area (TPSA) is 83.9 Å². The second-order valence-electron chi connectivity index (χ2n) is 5.87. The van der Waals surface area contributed by atoms with E-state index >= 15 is 0 Å². The molecule has 8 heteroatoms. The van der Waals surface area contributed by atoms with Crippen LogP contribution in [0.25, 0.3) is 0 Å². The van der Waals surface area contributed by atoms with Gasteiger partial charge in [-0.25, -0.2) is 0 Å². The molecule has 0 aliphatic carbocycles. The number of imide groups is 1. The van der Waals surface area contributed by atoms with Gasteiger partial charge in [0.05, 0.1) is 23.7 Å². The fraction of sp³-hybridized carbons (Fsp3) is 0.211. The summed E-state index contributed by atoms with van der Waals surface area (Å²) >= 11 is 4.79. The summed E-state index contributed by atoms with van der Waals surface area (Å²) in [7, 11) is 0. The van der Waals surface area contributed by atoms with Crippen molar-refractivity contribution in [2.24, 2.45) is 5.92 Å². The quantitative estimate of drug-likeness (QED) is 0.486. The molecule has 140 valence electrons. The van der Waals surface area contributed by atoms with Gasteiger partial charge in [-0.3, -0.25) is 19.2 Å². The molecule has 1 aliphatic heterocycles. The van der Waals surface area contributed by atoms with Crippen LogP contribution >= 0.6 is 27.7 Å². The maximum Gasteiger partial charge on any atom is 0.307 e. The fourth-order valence-corrected chi connectivity index (χ4v) is 3.87. The summed E-state index contributed by atoms with van der Waals surface area (Å²) in [5.74, 6) is -2.28. The zero-order valence-electron chi connectivity index (χ0n) is 14.1. The third-order valence-corrected chi connectivity index (χ3v) is 5.76. The first-order valence-electron chi connectivity index (χ1n) is 8.19. The van der Waals surface area contributed by atoms with E-state index in [4.69, 9.17) is 4.84 Å². The molecule has 1 unspecified atom stereocenters. The van der Waals surface area contributed by atoms with Gasteiger partial charge in [-0.2, -0.15) is 0 Å². The van der Waals surface area contributed by atoms with Gasteiger partial charge in [-0.05, 0) is 42.8 Å². The number of fused-ring (bicyclic) bond motifs is 1. The zero-order chi connectivity index (χ0) is 19.4. The molecule has 0 saturated carbocycles. The summed E-state index contributed by atoms with van der Waals surface area (Å²) in [5, 5.41) is 10.1. The predicted octanol–water partition coefficient (Wildman–Crippen LogP) is 3.86. The lowest BCUT2D eigenvalue weighted by atomic mass is 10.1. The number of carbonyl (C=O) groups is 3. The van der Waals surface area contributed by atoms with Crippen LogP contribution in [-0.4, -0.2) is 40.3 Å². The molecule has 2 aromatic carbocycles. The van der Waals surface area contributed by atoms with E-state index in [-0.39, 0.29) is 13.0 Å². The van der Waals surface area contributed by atoms with Crippen LogP contribution in [0.3, 0.4) is 0 Å². The van der Waals surface area contributed by atoms with Gasteiger partial charge >= 0.3 is 5.97 Å². The molecule has 0 spiro atoms. The van der Waals surface area contributed by atoms with E-state index < -0.39 is 23.7 Å². The van der Waals surface area contributed by atoms with Crippen LogP contribution in [0.15, 0.2) is 57.9 Å². The van der Waals surface area contributed by atoms with Gasteiger partial charge in [-0.1, -0.05) is 28.1 Å². The first-order valence-corrected chi connectivity index (χ1v) is 9.97. The Balaban J connectivity index is 1.53. The Morgan fingerprint density at radius 2 is 1.67 bits per heavy atom. The van der Waals surface area contributed by atoms with Gasteiger partial charge in [0.15, 0.2) is 0 Å². The van der Waals surface area contributed by atoms with Crippen LogP contribution in [0.1, 0.15) is 27.1 Å². The molecule has 0 fully saturated rings. The van der Waals surface area contributed by atoms with Gasteiger partial charge in [0, 0.05) is 15.1 Å². The van der Waals surface area contributed by atoms with Crippen LogP contribution in [-0.2, 0) is 9.63 Å². The van der Waals surface area contributed by atoms with E-state index in [1.54, 1.807) is 24.3 Å². The van der Waals surface area contributed by atoms with Crippen LogP contribution in [0.4, 0.5) is 0 Å². The van der Waals surface area contributed by atoms with Crippen LogP contribution in [0.5, 0.6) is 0 Å². The van der Waals surface area contributed by atoms with E-state index in [0.29, 0.717) is 21.9 Å². The highest BCUT2D eigenvalue weighted by Crippen LogP contribution is 2.25. The van der Waals surface area contributed by atoms with Crippen molar-refractivity contribution in [1.82, 2.24) is 5.06 Å². The lowest BCUT2D eigenvalue weighted by Gasteiger charge is -2.16. The van der Waals surface area contributed by atoms with Gasteiger partial charge in [0.25, 0.3) is 11.8 Å². The summed E-state index contributed by atoms with van der Waals surface area (Å²) < 4.78 is 0.955. The second-order valence-corrected chi connectivity index (χ2v) is 7.88. The Hall–Kier alpha value is -2.16. The first kappa shape index (κ1) is 19.6. The third-order valence-electron chi connectivity index (χ3n) is 4.06. The van der Waals surface area contributed by atoms with E-state index in [1.165, 1.54) is 11.8 Å². The summed E-state index contributed by atoms with van der Waals surface area (Å²) in [6.07, 6.45) is 0.187. The standard InChI is InChI=1S/C19H16BrNO5S/c20-13-5-7-14(8-6-13)27-11-12(19(24)25)9-10-26-21-17(22)15-3-1-2-4-16(15)18(21)23/h1-8,12H,9-11H2,(H,24,25). The molecule has 0 aromatic heterocycles. The van der Waals surface area contributed by atoms with E-state index in [0.717, 1.165) is 9.37 Å². The number of hydrogen-bond donors (Lipinski definition) is 1. The van der Waals surface area contributed by atoms with E-state index in [9.17, 15) is 19.5 Å². The Bertz CT molecular complexity index is 836.